The molecule has 1 aliphatic heterocycles. The molecule has 0 saturated heterocycles. The second kappa shape index (κ2) is 7.39. The van der Waals surface area contributed by atoms with Crippen molar-refractivity contribution in [2.45, 2.75) is 12.0 Å². The number of nitrogens with zero attached hydrogens (tertiary/aromatic N) is 1. The van der Waals surface area contributed by atoms with Gasteiger partial charge in [0.15, 0.2) is 17.6 Å². The number of ether oxygens (including phenoxy) is 1. The number of carbonyl (C=O) groups excluding carboxylic acids is 3. The summed E-state index contributed by atoms with van der Waals surface area (Å²) < 4.78 is 5.89. The van der Waals surface area contributed by atoms with Crippen LogP contribution in [0, 0.1) is 10.1 Å². The van der Waals surface area contributed by atoms with Gasteiger partial charge in [-0.2, -0.15) is 0 Å². The highest BCUT2D eigenvalue weighted by molar-refractivity contribution is 6.27. The molecule has 5 rings (SSSR count). The number of allylic oxidation sites excluding steroid dienone is 1. The Labute approximate surface area is 182 Å². The zero-order valence-electron chi connectivity index (χ0n) is 16.6. The van der Waals surface area contributed by atoms with Crippen molar-refractivity contribution in [3.05, 3.63) is 123 Å². The lowest BCUT2D eigenvalue weighted by Gasteiger charge is -2.20. The molecule has 7 nitrogen and oxygen atoms in total. The Bertz CT molecular complexity index is 1320. The smallest absolute Gasteiger partial charge is 0.269 e. The maximum atomic E-state index is 13.4. The lowest BCUT2D eigenvalue weighted by molar-refractivity contribution is -0.384. The number of carbonyl (C=O) groups is 3. The lowest BCUT2D eigenvalue weighted by Crippen LogP contribution is -2.28. The molecule has 7 heteroatoms. The molecule has 0 N–H and O–H groups in total. The zero-order chi connectivity index (χ0) is 22.4. The minimum Gasteiger partial charge on any atom is -0.477 e. The van der Waals surface area contributed by atoms with Gasteiger partial charge in [-0.05, 0) is 17.7 Å². The van der Waals surface area contributed by atoms with Gasteiger partial charge in [0, 0.05) is 28.8 Å². The third-order valence-electron chi connectivity index (χ3n) is 5.75. The van der Waals surface area contributed by atoms with Crippen LogP contribution in [0.25, 0.3) is 0 Å². The number of ketones is 3. The second-order valence-corrected chi connectivity index (χ2v) is 7.54. The van der Waals surface area contributed by atoms with E-state index < -0.39 is 28.5 Å². The van der Waals surface area contributed by atoms with Gasteiger partial charge >= 0.3 is 0 Å². The summed E-state index contributed by atoms with van der Waals surface area (Å²) in [6.45, 7) is 0. The fourth-order valence-corrected chi connectivity index (χ4v) is 4.24. The SMILES string of the molecule is O=C1C2=C(C(=O)c3ccccc31)[C@H](c1ccccc1)[C@@H](C(=O)c1ccc([N+](=O)[O-])cc1)O2. The minimum atomic E-state index is -1.15. The summed E-state index contributed by atoms with van der Waals surface area (Å²) in [6, 6.07) is 20.6. The fraction of sp³-hybridized carbons (Fsp3) is 0.0800. The average molecular weight is 425 g/mol. The molecular formula is C25H15NO6. The molecule has 0 bridgehead atoms. The predicted molar refractivity (Wildman–Crippen MR) is 114 cm³/mol. The van der Waals surface area contributed by atoms with Crippen molar-refractivity contribution in [2.24, 2.45) is 0 Å². The highest BCUT2D eigenvalue weighted by Gasteiger charge is 2.50. The van der Waals surface area contributed by atoms with Crippen LogP contribution in [-0.4, -0.2) is 28.4 Å². The van der Waals surface area contributed by atoms with Gasteiger partial charge < -0.3 is 4.74 Å². The normalized spacial score (nSPS) is 19.2. The van der Waals surface area contributed by atoms with Crippen molar-refractivity contribution in [1.29, 1.82) is 0 Å². The molecule has 2 atom stereocenters. The molecule has 2 aliphatic rings. The summed E-state index contributed by atoms with van der Waals surface area (Å²) >= 11 is 0. The number of nitro groups is 1. The maximum absolute atomic E-state index is 13.4. The number of hydrogen-bond donors (Lipinski definition) is 0. The van der Waals surface area contributed by atoms with Crippen molar-refractivity contribution in [1.82, 2.24) is 0 Å². The number of hydrogen-bond acceptors (Lipinski definition) is 6. The third-order valence-corrected chi connectivity index (χ3v) is 5.75. The Morgan fingerprint density at radius 3 is 2.03 bits per heavy atom. The Kier molecular flexibility index (Phi) is 4.52. The molecule has 0 unspecified atom stereocenters. The molecule has 0 amide bonds. The summed E-state index contributed by atoms with van der Waals surface area (Å²) in [5, 5.41) is 10.9. The van der Waals surface area contributed by atoms with Gasteiger partial charge in [0.25, 0.3) is 5.69 Å². The maximum Gasteiger partial charge on any atom is 0.269 e. The van der Waals surface area contributed by atoms with Crippen LogP contribution >= 0.6 is 0 Å². The van der Waals surface area contributed by atoms with Crippen LogP contribution in [0.15, 0.2) is 90.2 Å². The summed E-state index contributed by atoms with van der Waals surface area (Å²) in [4.78, 5) is 50.3. The molecule has 1 heterocycles. The van der Waals surface area contributed by atoms with Crippen molar-refractivity contribution in [2.75, 3.05) is 0 Å². The van der Waals surface area contributed by atoms with E-state index in [2.05, 4.69) is 0 Å². The Balaban J connectivity index is 1.61. The molecule has 0 fully saturated rings. The van der Waals surface area contributed by atoms with E-state index in [1.54, 1.807) is 48.5 Å². The fourth-order valence-electron chi connectivity index (χ4n) is 4.24. The topological polar surface area (TPSA) is 104 Å². The molecule has 3 aromatic rings. The van der Waals surface area contributed by atoms with Gasteiger partial charge in [-0.25, -0.2) is 0 Å². The number of benzene rings is 3. The molecule has 0 spiro atoms. The van der Waals surface area contributed by atoms with Crippen LogP contribution in [-0.2, 0) is 4.74 Å². The number of nitro benzene ring substituents is 1. The number of non-ortho nitro benzene ring substituents is 1. The summed E-state index contributed by atoms with van der Waals surface area (Å²) in [5.74, 6) is -2.13. The van der Waals surface area contributed by atoms with Crippen molar-refractivity contribution in [3.63, 3.8) is 0 Å². The first-order chi connectivity index (χ1) is 15.5. The Morgan fingerprint density at radius 1 is 0.812 bits per heavy atom. The van der Waals surface area contributed by atoms with Crippen LogP contribution < -0.4 is 0 Å². The van der Waals surface area contributed by atoms with Crippen molar-refractivity contribution >= 4 is 23.0 Å². The zero-order valence-corrected chi connectivity index (χ0v) is 16.6. The van der Waals surface area contributed by atoms with Crippen LogP contribution in [0.1, 0.15) is 42.6 Å². The summed E-state index contributed by atoms with van der Waals surface area (Å²) in [5.41, 5.74) is 1.40. The van der Waals surface area contributed by atoms with Gasteiger partial charge in [-0.3, -0.25) is 24.5 Å². The second-order valence-electron chi connectivity index (χ2n) is 7.54. The molecule has 1 aliphatic carbocycles. The van der Waals surface area contributed by atoms with Crippen LogP contribution in [0.4, 0.5) is 5.69 Å². The van der Waals surface area contributed by atoms with E-state index in [1.807, 2.05) is 6.07 Å². The highest BCUT2D eigenvalue weighted by Crippen LogP contribution is 2.45. The Morgan fingerprint density at radius 2 is 1.41 bits per heavy atom. The van der Waals surface area contributed by atoms with E-state index in [4.69, 9.17) is 4.74 Å². The first-order valence-electron chi connectivity index (χ1n) is 9.90. The lowest BCUT2D eigenvalue weighted by atomic mass is 9.78. The van der Waals surface area contributed by atoms with Crippen molar-refractivity contribution in [3.8, 4) is 0 Å². The van der Waals surface area contributed by atoms with Crippen LogP contribution in [0.3, 0.4) is 0 Å². The third kappa shape index (κ3) is 2.94. The summed E-state index contributed by atoms with van der Waals surface area (Å²) in [6.07, 6.45) is -1.15. The average Bonchev–Trinajstić information content (AvgIpc) is 3.24. The summed E-state index contributed by atoms with van der Waals surface area (Å²) in [7, 11) is 0. The van der Waals surface area contributed by atoms with E-state index in [-0.39, 0.29) is 39.5 Å². The molecule has 0 saturated carbocycles. The molecule has 0 aromatic heterocycles. The number of Topliss-reactive ketones (excluding diaryl/α,β-unsaturated/α-hetero) is 3. The van der Waals surface area contributed by atoms with Gasteiger partial charge in [0.1, 0.15) is 0 Å². The first kappa shape index (κ1) is 19.6. The molecule has 156 valence electrons. The standard InChI is InChI=1S/C25H15NO6/c27-21(15-10-12-16(13-11-15)26(30)31)24-19(14-6-2-1-3-7-14)20-22(28)17-8-4-5-9-18(17)23(29)25(20)32-24/h1-13,19,24H/t19-,24-/m0/s1. The van der Waals surface area contributed by atoms with E-state index in [0.717, 1.165) is 0 Å². The van der Waals surface area contributed by atoms with Crippen molar-refractivity contribution < 1.29 is 24.0 Å². The van der Waals surface area contributed by atoms with E-state index in [9.17, 15) is 24.5 Å². The highest BCUT2D eigenvalue weighted by atomic mass is 16.6. The number of fused-ring (bicyclic) bond motifs is 1. The largest absolute Gasteiger partial charge is 0.477 e. The van der Waals surface area contributed by atoms with E-state index >= 15 is 0 Å². The van der Waals surface area contributed by atoms with Gasteiger partial charge in [0.2, 0.25) is 11.6 Å². The predicted octanol–water partition coefficient (Wildman–Crippen LogP) is 4.29. The molecule has 0 radical (unpaired) electrons. The molecule has 3 aromatic carbocycles. The van der Waals surface area contributed by atoms with E-state index in [1.165, 1.54) is 24.3 Å². The molecule has 32 heavy (non-hydrogen) atoms. The molecular weight excluding hydrogens is 410 g/mol. The quantitative estimate of drug-likeness (QED) is 0.351. The van der Waals surface area contributed by atoms with E-state index in [0.29, 0.717) is 5.56 Å². The van der Waals surface area contributed by atoms with Crippen LogP contribution in [0.2, 0.25) is 0 Å². The monoisotopic (exact) mass is 425 g/mol. The van der Waals surface area contributed by atoms with Gasteiger partial charge in [-0.15, -0.1) is 0 Å². The number of rotatable bonds is 4. The van der Waals surface area contributed by atoms with Crippen LogP contribution in [0.5, 0.6) is 0 Å². The Hall–Kier alpha value is -4.39. The van der Waals surface area contributed by atoms with Gasteiger partial charge in [0.05, 0.1) is 16.4 Å². The van der Waals surface area contributed by atoms with Gasteiger partial charge in [-0.1, -0.05) is 54.6 Å². The minimum absolute atomic E-state index is 0.109. The first-order valence-corrected chi connectivity index (χ1v) is 9.90.